The summed E-state index contributed by atoms with van der Waals surface area (Å²) in [7, 11) is 0. The first-order valence-electron chi connectivity index (χ1n) is 10.5. The SMILES string of the molecule is Cc1ccc(Nc2nc3c(c(=O)[nH]2)C(C(=O)Nc2ccc(C(C)C)cc2)CC(=O)N3)cc1. The Bertz CT molecular complexity index is 1210. The fraction of sp³-hybridized carbons (Fsp3) is 0.250. The van der Waals surface area contributed by atoms with Crippen LogP contribution < -0.4 is 21.5 Å². The number of carbonyl (C=O) groups excluding carboxylic acids is 2. The molecular formula is C24H25N5O3. The Hall–Kier alpha value is -3.94. The predicted octanol–water partition coefficient (Wildman–Crippen LogP) is 4.01. The van der Waals surface area contributed by atoms with E-state index in [9.17, 15) is 14.4 Å². The van der Waals surface area contributed by atoms with Crippen LogP contribution in [0.1, 0.15) is 48.8 Å². The number of aryl methyl sites for hydroxylation is 1. The molecule has 3 aromatic rings. The monoisotopic (exact) mass is 431 g/mol. The summed E-state index contributed by atoms with van der Waals surface area (Å²) in [6.45, 7) is 6.15. The van der Waals surface area contributed by atoms with Crippen LogP contribution in [0.3, 0.4) is 0 Å². The van der Waals surface area contributed by atoms with E-state index in [1.807, 2.05) is 55.5 Å². The van der Waals surface area contributed by atoms with Crippen LogP contribution in [0.4, 0.5) is 23.1 Å². The van der Waals surface area contributed by atoms with Crippen molar-refractivity contribution < 1.29 is 9.59 Å². The molecule has 1 aliphatic heterocycles. The minimum absolute atomic E-state index is 0.0925. The highest BCUT2D eigenvalue weighted by molar-refractivity contribution is 6.04. The average molecular weight is 431 g/mol. The maximum Gasteiger partial charge on any atom is 0.258 e. The Kier molecular flexibility index (Phi) is 5.77. The van der Waals surface area contributed by atoms with Gasteiger partial charge in [-0.05, 0) is 42.7 Å². The van der Waals surface area contributed by atoms with Gasteiger partial charge in [0.05, 0.1) is 11.5 Å². The number of amides is 2. The van der Waals surface area contributed by atoms with E-state index >= 15 is 0 Å². The van der Waals surface area contributed by atoms with Gasteiger partial charge >= 0.3 is 0 Å². The minimum atomic E-state index is -0.937. The van der Waals surface area contributed by atoms with Gasteiger partial charge in [-0.1, -0.05) is 43.7 Å². The van der Waals surface area contributed by atoms with Crippen molar-refractivity contribution >= 4 is 35.0 Å². The summed E-state index contributed by atoms with van der Waals surface area (Å²) in [6, 6.07) is 15.1. The molecule has 8 heteroatoms. The third-order valence-electron chi connectivity index (χ3n) is 5.43. The van der Waals surface area contributed by atoms with Crippen LogP contribution in [0.25, 0.3) is 0 Å². The van der Waals surface area contributed by atoms with Gasteiger partial charge in [-0.2, -0.15) is 4.98 Å². The van der Waals surface area contributed by atoms with Gasteiger partial charge in [0.15, 0.2) is 0 Å². The van der Waals surface area contributed by atoms with Crippen molar-refractivity contribution in [1.29, 1.82) is 0 Å². The molecule has 164 valence electrons. The largest absolute Gasteiger partial charge is 0.326 e. The Labute approximate surface area is 185 Å². The predicted molar refractivity (Wildman–Crippen MR) is 124 cm³/mol. The second-order valence-electron chi connectivity index (χ2n) is 8.24. The number of carbonyl (C=O) groups is 2. The van der Waals surface area contributed by atoms with Crippen LogP contribution in [0.2, 0.25) is 0 Å². The van der Waals surface area contributed by atoms with E-state index in [2.05, 4.69) is 39.8 Å². The van der Waals surface area contributed by atoms with Gasteiger partial charge in [0.2, 0.25) is 17.8 Å². The topological polar surface area (TPSA) is 116 Å². The van der Waals surface area contributed by atoms with Crippen molar-refractivity contribution in [2.75, 3.05) is 16.0 Å². The summed E-state index contributed by atoms with van der Waals surface area (Å²) in [6.07, 6.45) is -0.127. The molecule has 0 radical (unpaired) electrons. The molecule has 4 N–H and O–H groups in total. The number of nitrogens with zero attached hydrogens (tertiary/aromatic N) is 1. The lowest BCUT2D eigenvalue weighted by Crippen LogP contribution is -2.36. The molecule has 1 aromatic heterocycles. The fourth-order valence-electron chi connectivity index (χ4n) is 3.61. The molecule has 0 bridgehead atoms. The fourth-order valence-corrected chi connectivity index (χ4v) is 3.61. The summed E-state index contributed by atoms with van der Waals surface area (Å²) in [5, 5.41) is 8.44. The van der Waals surface area contributed by atoms with Gasteiger partial charge in [0.25, 0.3) is 5.56 Å². The molecule has 0 saturated heterocycles. The highest BCUT2D eigenvalue weighted by atomic mass is 16.2. The zero-order valence-corrected chi connectivity index (χ0v) is 18.2. The van der Waals surface area contributed by atoms with Crippen LogP contribution in [0.15, 0.2) is 53.3 Å². The quantitative estimate of drug-likeness (QED) is 0.487. The van der Waals surface area contributed by atoms with Crippen molar-refractivity contribution in [3.63, 3.8) is 0 Å². The lowest BCUT2D eigenvalue weighted by molar-refractivity contribution is -0.123. The standard InChI is InChI=1S/C24H25N5O3/c1-13(2)15-6-10-16(11-7-15)25-22(31)18-12-19(30)27-21-20(18)23(32)29-24(28-21)26-17-8-4-14(3)5-9-17/h4-11,13,18H,12H2,1-3H3,(H,25,31)(H3,26,27,28,29,30,32). The second kappa shape index (κ2) is 8.66. The highest BCUT2D eigenvalue weighted by Crippen LogP contribution is 2.30. The lowest BCUT2D eigenvalue weighted by Gasteiger charge is -2.23. The number of fused-ring (bicyclic) bond motifs is 1. The van der Waals surface area contributed by atoms with Crippen molar-refractivity contribution in [2.24, 2.45) is 0 Å². The molecule has 2 aromatic carbocycles. The van der Waals surface area contributed by atoms with Gasteiger partial charge in [-0.3, -0.25) is 19.4 Å². The van der Waals surface area contributed by atoms with Gasteiger partial charge in [0.1, 0.15) is 5.82 Å². The van der Waals surface area contributed by atoms with Crippen molar-refractivity contribution in [3.8, 4) is 0 Å². The first kappa shape index (κ1) is 21.3. The molecule has 2 amide bonds. The van der Waals surface area contributed by atoms with Crippen molar-refractivity contribution in [2.45, 2.75) is 39.0 Å². The van der Waals surface area contributed by atoms with E-state index in [1.165, 1.54) is 0 Å². The first-order valence-corrected chi connectivity index (χ1v) is 10.5. The third-order valence-corrected chi connectivity index (χ3v) is 5.43. The second-order valence-corrected chi connectivity index (χ2v) is 8.24. The normalized spacial score (nSPS) is 15.1. The number of rotatable bonds is 5. The summed E-state index contributed by atoms with van der Waals surface area (Å²) in [5.74, 6) is -1.08. The molecule has 8 nitrogen and oxygen atoms in total. The number of aromatic amines is 1. The van der Waals surface area contributed by atoms with Crippen molar-refractivity contribution in [1.82, 2.24) is 9.97 Å². The van der Waals surface area contributed by atoms with Crippen molar-refractivity contribution in [3.05, 3.63) is 75.6 Å². The number of anilines is 4. The maximum atomic E-state index is 13.0. The van der Waals surface area contributed by atoms with E-state index in [1.54, 1.807) is 0 Å². The summed E-state index contributed by atoms with van der Waals surface area (Å²) in [4.78, 5) is 45.1. The molecule has 2 heterocycles. The maximum absolute atomic E-state index is 13.0. The average Bonchev–Trinajstić information content (AvgIpc) is 2.75. The molecule has 0 fully saturated rings. The highest BCUT2D eigenvalue weighted by Gasteiger charge is 2.34. The van der Waals surface area contributed by atoms with Gasteiger partial charge in [-0.15, -0.1) is 0 Å². The number of H-pyrrole nitrogens is 1. The number of benzene rings is 2. The zero-order valence-electron chi connectivity index (χ0n) is 18.2. The lowest BCUT2D eigenvalue weighted by atomic mass is 9.92. The van der Waals surface area contributed by atoms with E-state index in [0.29, 0.717) is 11.6 Å². The minimum Gasteiger partial charge on any atom is -0.326 e. The molecule has 0 saturated carbocycles. The van der Waals surface area contributed by atoms with Crippen LogP contribution in [0.5, 0.6) is 0 Å². The number of aromatic nitrogens is 2. The Morgan fingerprint density at radius 3 is 2.34 bits per heavy atom. The smallest absolute Gasteiger partial charge is 0.258 e. The van der Waals surface area contributed by atoms with E-state index in [4.69, 9.17) is 0 Å². The van der Waals surface area contributed by atoms with Crippen LogP contribution >= 0.6 is 0 Å². The molecule has 1 unspecified atom stereocenters. The Balaban J connectivity index is 1.59. The first-order chi connectivity index (χ1) is 15.3. The Morgan fingerprint density at radius 1 is 1.03 bits per heavy atom. The molecule has 0 spiro atoms. The third kappa shape index (κ3) is 4.54. The van der Waals surface area contributed by atoms with Gasteiger partial charge in [0, 0.05) is 17.8 Å². The van der Waals surface area contributed by atoms with E-state index in [-0.39, 0.29) is 29.7 Å². The zero-order chi connectivity index (χ0) is 22.8. The molecule has 0 aliphatic carbocycles. The summed E-state index contributed by atoms with van der Waals surface area (Å²) < 4.78 is 0. The van der Waals surface area contributed by atoms with Gasteiger partial charge < -0.3 is 16.0 Å². The summed E-state index contributed by atoms with van der Waals surface area (Å²) in [5.41, 5.74) is 3.27. The van der Waals surface area contributed by atoms with Gasteiger partial charge in [-0.25, -0.2) is 0 Å². The van der Waals surface area contributed by atoms with Crippen LogP contribution in [-0.2, 0) is 9.59 Å². The molecule has 1 aliphatic rings. The van der Waals surface area contributed by atoms with E-state index in [0.717, 1.165) is 16.8 Å². The number of hydrogen-bond acceptors (Lipinski definition) is 5. The number of hydrogen-bond donors (Lipinski definition) is 4. The molecule has 32 heavy (non-hydrogen) atoms. The van der Waals surface area contributed by atoms with E-state index < -0.39 is 17.4 Å². The van der Waals surface area contributed by atoms with Crippen LogP contribution in [0, 0.1) is 6.92 Å². The molecule has 4 rings (SSSR count). The summed E-state index contributed by atoms with van der Waals surface area (Å²) >= 11 is 0. The van der Waals surface area contributed by atoms with Crippen LogP contribution in [-0.4, -0.2) is 21.8 Å². The Morgan fingerprint density at radius 2 is 1.69 bits per heavy atom. The molecule has 1 atom stereocenters. The molecular weight excluding hydrogens is 406 g/mol. The number of nitrogens with one attached hydrogen (secondary N) is 4.